The summed E-state index contributed by atoms with van der Waals surface area (Å²) >= 11 is 3.27. The SMILES string of the molecule is CC(O)C1CCN(C(=O)c2cccc(Br)n2)CC1. The van der Waals surface area contributed by atoms with Gasteiger partial charge in [0.25, 0.3) is 5.91 Å². The number of pyridine rings is 1. The monoisotopic (exact) mass is 312 g/mol. The minimum Gasteiger partial charge on any atom is -0.393 e. The van der Waals surface area contributed by atoms with Gasteiger partial charge in [-0.25, -0.2) is 4.98 Å². The highest BCUT2D eigenvalue weighted by Gasteiger charge is 2.26. The average Bonchev–Trinajstić information content (AvgIpc) is 2.38. The summed E-state index contributed by atoms with van der Waals surface area (Å²) in [5.74, 6) is 0.282. The van der Waals surface area contributed by atoms with Gasteiger partial charge in [0.2, 0.25) is 0 Å². The molecular weight excluding hydrogens is 296 g/mol. The summed E-state index contributed by atoms with van der Waals surface area (Å²) in [6, 6.07) is 5.34. The average molecular weight is 313 g/mol. The molecular formula is C13H17BrN2O2. The smallest absolute Gasteiger partial charge is 0.272 e. The van der Waals surface area contributed by atoms with Crippen molar-refractivity contribution in [2.75, 3.05) is 13.1 Å². The molecule has 0 aliphatic carbocycles. The van der Waals surface area contributed by atoms with Gasteiger partial charge in [-0.2, -0.15) is 0 Å². The number of carbonyl (C=O) groups excluding carboxylic acids is 1. The van der Waals surface area contributed by atoms with Crippen LogP contribution in [0.3, 0.4) is 0 Å². The Morgan fingerprint density at radius 1 is 1.50 bits per heavy atom. The van der Waals surface area contributed by atoms with E-state index < -0.39 is 0 Å². The third kappa shape index (κ3) is 3.09. The number of amides is 1. The molecule has 5 heteroatoms. The van der Waals surface area contributed by atoms with Crippen molar-refractivity contribution in [1.29, 1.82) is 0 Å². The maximum absolute atomic E-state index is 12.2. The molecule has 98 valence electrons. The van der Waals surface area contributed by atoms with E-state index in [2.05, 4.69) is 20.9 Å². The van der Waals surface area contributed by atoms with Gasteiger partial charge < -0.3 is 10.0 Å². The molecule has 4 nitrogen and oxygen atoms in total. The topological polar surface area (TPSA) is 53.4 Å². The van der Waals surface area contributed by atoms with Crippen molar-refractivity contribution >= 4 is 21.8 Å². The van der Waals surface area contributed by atoms with Crippen molar-refractivity contribution in [3.63, 3.8) is 0 Å². The Hall–Kier alpha value is -0.940. The molecule has 0 aromatic carbocycles. The first-order valence-corrected chi connectivity index (χ1v) is 6.97. The Balaban J connectivity index is 1.99. The number of aliphatic hydroxyl groups excluding tert-OH is 1. The number of carbonyl (C=O) groups is 1. The standard InChI is InChI=1S/C13H17BrN2O2/c1-9(17)10-5-7-16(8-6-10)13(18)11-3-2-4-12(14)15-11/h2-4,9-10,17H,5-8H2,1H3. The van der Waals surface area contributed by atoms with Crippen molar-refractivity contribution in [2.24, 2.45) is 5.92 Å². The minimum absolute atomic E-state index is 0.0275. The van der Waals surface area contributed by atoms with Crippen molar-refractivity contribution in [1.82, 2.24) is 9.88 Å². The number of hydrogen-bond donors (Lipinski definition) is 1. The second kappa shape index (κ2) is 5.80. The molecule has 1 aromatic rings. The summed E-state index contributed by atoms with van der Waals surface area (Å²) < 4.78 is 0.673. The van der Waals surface area contributed by atoms with E-state index in [9.17, 15) is 9.90 Å². The highest BCUT2D eigenvalue weighted by molar-refractivity contribution is 9.10. The number of aromatic nitrogens is 1. The zero-order valence-electron chi connectivity index (χ0n) is 10.3. The van der Waals surface area contributed by atoms with Crippen LogP contribution >= 0.6 is 15.9 Å². The molecule has 1 atom stereocenters. The van der Waals surface area contributed by atoms with E-state index in [1.54, 1.807) is 12.1 Å². The van der Waals surface area contributed by atoms with Crippen LogP contribution < -0.4 is 0 Å². The van der Waals surface area contributed by atoms with Crippen molar-refractivity contribution < 1.29 is 9.90 Å². The summed E-state index contributed by atoms with van der Waals surface area (Å²) in [4.78, 5) is 18.2. The number of hydrogen-bond acceptors (Lipinski definition) is 3. The van der Waals surface area contributed by atoms with Crippen molar-refractivity contribution in [2.45, 2.75) is 25.9 Å². The third-order valence-electron chi connectivity index (χ3n) is 3.44. The highest BCUT2D eigenvalue weighted by Crippen LogP contribution is 2.21. The lowest BCUT2D eigenvalue weighted by molar-refractivity contribution is 0.0517. The fourth-order valence-corrected chi connectivity index (χ4v) is 2.62. The first-order valence-electron chi connectivity index (χ1n) is 6.18. The van der Waals surface area contributed by atoms with Gasteiger partial charge in [0.1, 0.15) is 10.3 Å². The van der Waals surface area contributed by atoms with E-state index in [1.165, 1.54) is 0 Å². The molecule has 2 rings (SSSR count). The van der Waals surface area contributed by atoms with Crippen LogP contribution in [0.1, 0.15) is 30.3 Å². The fraction of sp³-hybridized carbons (Fsp3) is 0.538. The van der Waals surface area contributed by atoms with Gasteiger partial charge in [-0.05, 0) is 53.7 Å². The minimum atomic E-state index is -0.286. The van der Waals surface area contributed by atoms with E-state index in [-0.39, 0.29) is 12.0 Å². The zero-order valence-corrected chi connectivity index (χ0v) is 11.9. The van der Waals surface area contributed by atoms with Crippen molar-refractivity contribution in [3.05, 3.63) is 28.5 Å². The Kier molecular flexibility index (Phi) is 4.35. The predicted molar refractivity (Wildman–Crippen MR) is 72.2 cm³/mol. The molecule has 18 heavy (non-hydrogen) atoms. The lowest BCUT2D eigenvalue weighted by atomic mass is 9.92. The number of piperidine rings is 1. The molecule has 1 unspecified atom stereocenters. The molecule has 1 saturated heterocycles. The molecule has 1 N–H and O–H groups in total. The quantitative estimate of drug-likeness (QED) is 0.851. The van der Waals surface area contributed by atoms with E-state index in [1.807, 2.05) is 17.9 Å². The van der Waals surface area contributed by atoms with Crippen molar-refractivity contribution in [3.8, 4) is 0 Å². The van der Waals surface area contributed by atoms with Crippen LogP contribution in [0, 0.1) is 5.92 Å². The Morgan fingerprint density at radius 2 is 2.17 bits per heavy atom. The van der Waals surface area contributed by atoms with E-state index >= 15 is 0 Å². The fourth-order valence-electron chi connectivity index (χ4n) is 2.27. The maximum atomic E-state index is 12.2. The van der Waals surface area contributed by atoms with Gasteiger partial charge in [0, 0.05) is 13.1 Å². The molecule has 0 bridgehead atoms. The number of halogens is 1. The normalized spacial score (nSPS) is 18.7. The van der Waals surface area contributed by atoms with E-state index in [4.69, 9.17) is 0 Å². The van der Waals surface area contributed by atoms with Gasteiger partial charge in [-0.15, -0.1) is 0 Å². The molecule has 1 aliphatic rings. The molecule has 0 radical (unpaired) electrons. The van der Waals surface area contributed by atoms with Gasteiger partial charge in [-0.1, -0.05) is 6.07 Å². The number of aliphatic hydroxyl groups is 1. The van der Waals surface area contributed by atoms with Crippen LogP contribution in [0.4, 0.5) is 0 Å². The maximum Gasteiger partial charge on any atom is 0.272 e. The molecule has 2 heterocycles. The summed E-state index contributed by atoms with van der Waals surface area (Å²) in [5, 5.41) is 9.53. The number of rotatable bonds is 2. The summed E-state index contributed by atoms with van der Waals surface area (Å²) in [6.07, 6.45) is 1.43. The lowest BCUT2D eigenvalue weighted by Gasteiger charge is -2.33. The van der Waals surface area contributed by atoms with Crippen LogP contribution in [0.25, 0.3) is 0 Å². The largest absolute Gasteiger partial charge is 0.393 e. The summed E-state index contributed by atoms with van der Waals surface area (Å²) in [7, 11) is 0. The molecule has 1 aromatic heterocycles. The Labute approximate surface area is 115 Å². The summed E-state index contributed by atoms with van der Waals surface area (Å²) in [5.41, 5.74) is 0.472. The predicted octanol–water partition coefficient (Wildman–Crippen LogP) is 2.08. The van der Waals surface area contributed by atoms with Gasteiger partial charge >= 0.3 is 0 Å². The zero-order chi connectivity index (χ0) is 13.1. The Morgan fingerprint density at radius 3 is 2.72 bits per heavy atom. The molecule has 0 saturated carbocycles. The lowest BCUT2D eigenvalue weighted by Crippen LogP contribution is -2.41. The number of likely N-dealkylation sites (tertiary alicyclic amines) is 1. The third-order valence-corrected chi connectivity index (χ3v) is 3.88. The van der Waals surface area contributed by atoms with Gasteiger partial charge in [0.15, 0.2) is 0 Å². The first kappa shape index (κ1) is 13.5. The Bertz CT molecular complexity index is 429. The summed E-state index contributed by atoms with van der Waals surface area (Å²) in [6.45, 7) is 3.21. The molecule has 1 amide bonds. The molecule has 1 aliphatic heterocycles. The second-order valence-electron chi connectivity index (χ2n) is 4.72. The van der Waals surface area contributed by atoms with E-state index in [0.717, 1.165) is 12.8 Å². The second-order valence-corrected chi connectivity index (χ2v) is 5.53. The van der Waals surface area contributed by atoms with Crippen LogP contribution in [0.15, 0.2) is 22.8 Å². The van der Waals surface area contributed by atoms with Crippen LogP contribution in [-0.4, -0.2) is 40.1 Å². The first-order chi connectivity index (χ1) is 8.58. The highest BCUT2D eigenvalue weighted by atomic mass is 79.9. The van der Waals surface area contributed by atoms with Crippen LogP contribution in [-0.2, 0) is 0 Å². The number of nitrogens with zero attached hydrogens (tertiary/aromatic N) is 2. The van der Waals surface area contributed by atoms with Gasteiger partial charge in [0.05, 0.1) is 6.10 Å². The molecule has 1 fully saturated rings. The molecule has 0 spiro atoms. The van der Waals surface area contributed by atoms with Crippen LogP contribution in [0.2, 0.25) is 0 Å². The van der Waals surface area contributed by atoms with Gasteiger partial charge in [-0.3, -0.25) is 4.79 Å². The van der Waals surface area contributed by atoms with E-state index in [0.29, 0.717) is 29.3 Å². The van der Waals surface area contributed by atoms with Crippen LogP contribution in [0.5, 0.6) is 0 Å².